The van der Waals surface area contributed by atoms with Crippen molar-refractivity contribution in [2.45, 2.75) is 6.92 Å². The summed E-state index contributed by atoms with van der Waals surface area (Å²) in [7, 11) is 0. The van der Waals surface area contributed by atoms with Gasteiger partial charge in [0.15, 0.2) is 6.61 Å². The number of hydrogen-bond donors (Lipinski definition) is 1. The van der Waals surface area contributed by atoms with Gasteiger partial charge in [-0.25, -0.2) is 4.79 Å². The van der Waals surface area contributed by atoms with Gasteiger partial charge in [0, 0.05) is 20.4 Å². The Morgan fingerprint density at radius 1 is 1.10 bits per heavy atom. The van der Waals surface area contributed by atoms with Crippen LogP contribution in [0.4, 0.5) is 5.00 Å². The molecular formula is C21H17BrClNO4S. The van der Waals surface area contributed by atoms with Gasteiger partial charge in [-0.15, -0.1) is 11.3 Å². The molecule has 1 heterocycles. The van der Waals surface area contributed by atoms with Crippen molar-refractivity contribution in [2.75, 3.05) is 18.5 Å². The number of anilines is 1. The van der Waals surface area contributed by atoms with E-state index in [1.54, 1.807) is 36.6 Å². The Bertz CT molecular complexity index is 1000. The maximum atomic E-state index is 12.6. The molecule has 3 rings (SSSR count). The van der Waals surface area contributed by atoms with Gasteiger partial charge in [0.2, 0.25) is 0 Å². The van der Waals surface area contributed by atoms with E-state index in [1.165, 1.54) is 11.3 Å². The molecule has 8 heteroatoms. The highest BCUT2D eigenvalue weighted by Gasteiger charge is 2.23. The summed E-state index contributed by atoms with van der Waals surface area (Å²) in [6.07, 6.45) is 0. The summed E-state index contributed by atoms with van der Waals surface area (Å²) in [4.78, 5) is 24.9. The van der Waals surface area contributed by atoms with E-state index in [9.17, 15) is 9.59 Å². The van der Waals surface area contributed by atoms with E-state index in [4.69, 9.17) is 21.1 Å². The van der Waals surface area contributed by atoms with Gasteiger partial charge in [-0.2, -0.15) is 0 Å². The lowest BCUT2D eigenvalue weighted by Gasteiger charge is -2.10. The summed E-state index contributed by atoms with van der Waals surface area (Å²) < 4.78 is 11.6. The molecule has 3 aromatic rings. The monoisotopic (exact) mass is 493 g/mol. The topological polar surface area (TPSA) is 64.6 Å². The van der Waals surface area contributed by atoms with Gasteiger partial charge in [0.25, 0.3) is 5.91 Å². The quantitative estimate of drug-likeness (QED) is 0.408. The highest BCUT2D eigenvalue weighted by Crippen LogP contribution is 2.36. The second-order valence-corrected chi connectivity index (χ2v) is 8.10. The van der Waals surface area contributed by atoms with E-state index in [1.807, 2.05) is 24.3 Å². The molecule has 29 heavy (non-hydrogen) atoms. The zero-order valence-corrected chi connectivity index (χ0v) is 18.6. The van der Waals surface area contributed by atoms with Gasteiger partial charge < -0.3 is 14.8 Å². The number of ether oxygens (including phenoxy) is 2. The molecule has 0 saturated carbocycles. The molecule has 0 radical (unpaired) electrons. The molecule has 1 aromatic heterocycles. The first-order valence-corrected chi connectivity index (χ1v) is 10.8. The Kier molecular flexibility index (Phi) is 7.30. The van der Waals surface area contributed by atoms with Crippen LogP contribution in [0.3, 0.4) is 0 Å². The number of esters is 1. The zero-order chi connectivity index (χ0) is 20.8. The smallest absolute Gasteiger partial charge is 0.341 e. The van der Waals surface area contributed by atoms with Crippen LogP contribution in [0.2, 0.25) is 5.02 Å². The lowest BCUT2D eigenvalue weighted by molar-refractivity contribution is -0.118. The highest BCUT2D eigenvalue weighted by atomic mass is 79.9. The minimum atomic E-state index is -0.497. The van der Waals surface area contributed by atoms with E-state index >= 15 is 0 Å². The number of hydrogen-bond acceptors (Lipinski definition) is 5. The molecule has 0 aliphatic carbocycles. The summed E-state index contributed by atoms with van der Waals surface area (Å²) >= 11 is 10.6. The second kappa shape index (κ2) is 9.91. The fraction of sp³-hybridized carbons (Fsp3) is 0.143. The Morgan fingerprint density at radius 3 is 2.45 bits per heavy atom. The van der Waals surface area contributed by atoms with Crippen LogP contribution in [0.1, 0.15) is 17.3 Å². The summed E-state index contributed by atoms with van der Waals surface area (Å²) in [5.74, 6) is -0.298. The Labute approximate surface area is 185 Å². The van der Waals surface area contributed by atoms with Crippen LogP contribution in [0.15, 0.2) is 58.4 Å². The van der Waals surface area contributed by atoms with Crippen molar-refractivity contribution in [1.29, 1.82) is 0 Å². The Balaban J connectivity index is 1.78. The van der Waals surface area contributed by atoms with Crippen LogP contribution in [0.25, 0.3) is 11.1 Å². The molecule has 0 saturated heterocycles. The predicted octanol–water partition coefficient (Wildman–Crippen LogP) is 6.03. The maximum absolute atomic E-state index is 12.6. The van der Waals surface area contributed by atoms with Gasteiger partial charge in [-0.05, 0) is 48.9 Å². The van der Waals surface area contributed by atoms with E-state index < -0.39 is 5.97 Å². The molecular weight excluding hydrogens is 478 g/mol. The maximum Gasteiger partial charge on any atom is 0.341 e. The summed E-state index contributed by atoms with van der Waals surface area (Å²) in [5, 5.41) is 5.57. The number of thiophene rings is 1. The fourth-order valence-corrected chi connectivity index (χ4v) is 3.90. The zero-order valence-electron chi connectivity index (χ0n) is 15.4. The molecule has 0 atom stereocenters. The molecule has 0 unspecified atom stereocenters. The number of nitrogens with one attached hydrogen (secondary N) is 1. The Morgan fingerprint density at radius 2 is 1.79 bits per heavy atom. The fourth-order valence-electron chi connectivity index (χ4n) is 2.54. The number of amides is 1. The molecule has 1 amide bonds. The molecule has 0 spiro atoms. The number of halogens is 2. The summed E-state index contributed by atoms with van der Waals surface area (Å²) in [5.41, 5.74) is 1.80. The average Bonchev–Trinajstić information content (AvgIpc) is 3.12. The van der Waals surface area contributed by atoms with Crippen molar-refractivity contribution in [1.82, 2.24) is 0 Å². The third-order valence-electron chi connectivity index (χ3n) is 3.86. The van der Waals surface area contributed by atoms with Gasteiger partial charge in [0.1, 0.15) is 16.3 Å². The molecule has 2 aromatic carbocycles. The van der Waals surface area contributed by atoms with Crippen molar-refractivity contribution in [3.8, 4) is 16.9 Å². The first-order valence-electron chi connectivity index (χ1n) is 8.70. The SMILES string of the molecule is CCOC(=O)c1c(-c2ccc(Cl)cc2)csc1NC(=O)COc1ccc(Br)cc1. The Hall–Kier alpha value is -2.35. The largest absolute Gasteiger partial charge is 0.484 e. The van der Waals surface area contributed by atoms with E-state index in [-0.39, 0.29) is 19.1 Å². The van der Waals surface area contributed by atoms with E-state index in [0.717, 1.165) is 10.0 Å². The van der Waals surface area contributed by atoms with E-state index in [0.29, 0.717) is 26.9 Å². The van der Waals surface area contributed by atoms with Crippen molar-refractivity contribution < 1.29 is 19.1 Å². The van der Waals surface area contributed by atoms with Gasteiger partial charge >= 0.3 is 5.97 Å². The summed E-state index contributed by atoms with van der Waals surface area (Å²) in [6.45, 7) is 1.78. The van der Waals surface area contributed by atoms with Gasteiger partial charge in [-0.3, -0.25) is 4.79 Å². The van der Waals surface area contributed by atoms with Gasteiger partial charge in [-0.1, -0.05) is 39.7 Å². The molecule has 150 valence electrons. The van der Waals surface area contributed by atoms with Crippen molar-refractivity contribution in [2.24, 2.45) is 0 Å². The van der Waals surface area contributed by atoms with Crippen molar-refractivity contribution >= 4 is 55.7 Å². The minimum absolute atomic E-state index is 0.182. The second-order valence-electron chi connectivity index (χ2n) is 5.87. The molecule has 1 N–H and O–H groups in total. The van der Waals surface area contributed by atoms with Crippen molar-refractivity contribution in [3.05, 3.63) is 69.0 Å². The average molecular weight is 495 g/mol. The number of carbonyl (C=O) groups is 2. The van der Waals surface area contributed by atoms with Gasteiger partial charge in [0.05, 0.1) is 6.61 Å². The van der Waals surface area contributed by atoms with Crippen LogP contribution < -0.4 is 10.1 Å². The number of carbonyl (C=O) groups excluding carboxylic acids is 2. The first kappa shape index (κ1) is 21.4. The lowest BCUT2D eigenvalue weighted by atomic mass is 10.0. The third-order valence-corrected chi connectivity index (χ3v) is 5.54. The highest BCUT2D eigenvalue weighted by molar-refractivity contribution is 9.10. The van der Waals surface area contributed by atoms with Crippen LogP contribution in [0.5, 0.6) is 5.75 Å². The van der Waals surface area contributed by atoms with Crippen molar-refractivity contribution in [3.63, 3.8) is 0 Å². The summed E-state index contributed by atoms with van der Waals surface area (Å²) in [6, 6.07) is 14.3. The third kappa shape index (κ3) is 5.59. The number of benzene rings is 2. The van der Waals surface area contributed by atoms with E-state index in [2.05, 4.69) is 21.2 Å². The lowest BCUT2D eigenvalue weighted by Crippen LogP contribution is -2.21. The normalized spacial score (nSPS) is 10.4. The molecule has 5 nitrogen and oxygen atoms in total. The first-order chi connectivity index (χ1) is 14.0. The van der Waals surface area contributed by atoms with Crippen LogP contribution in [-0.2, 0) is 9.53 Å². The standard InChI is InChI=1S/C21H17BrClNO4S/c1-2-27-21(26)19-17(13-3-7-15(23)8-4-13)12-29-20(19)24-18(25)11-28-16-9-5-14(22)6-10-16/h3-10,12H,2,11H2,1H3,(H,24,25). The molecule has 0 bridgehead atoms. The molecule has 0 aliphatic rings. The van der Waals surface area contributed by atoms with Crippen LogP contribution in [-0.4, -0.2) is 25.1 Å². The molecule has 0 fully saturated rings. The number of rotatable bonds is 7. The molecule has 0 aliphatic heterocycles. The minimum Gasteiger partial charge on any atom is -0.484 e. The van der Waals surface area contributed by atoms with Crippen LogP contribution in [0, 0.1) is 0 Å². The van der Waals surface area contributed by atoms with Crippen LogP contribution >= 0.6 is 38.9 Å². The predicted molar refractivity (Wildman–Crippen MR) is 119 cm³/mol.